The summed E-state index contributed by atoms with van der Waals surface area (Å²) in [7, 11) is 0. The maximum Gasteiger partial charge on any atom is 0.261 e. The molecule has 7 atom stereocenters. The maximum atomic E-state index is 13.7. The average Bonchev–Trinajstić information content (AvgIpc) is 3.31. The van der Waals surface area contributed by atoms with Crippen LogP contribution in [0.4, 0.5) is 0 Å². The summed E-state index contributed by atoms with van der Waals surface area (Å²) >= 11 is 0. The van der Waals surface area contributed by atoms with E-state index in [0.717, 1.165) is 11.1 Å². The molecule has 0 spiro atoms. The number of hydrogen-bond acceptors (Lipinski definition) is 7. The lowest BCUT2D eigenvalue weighted by atomic mass is 9.89. The van der Waals surface area contributed by atoms with Gasteiger partial charge in [-0.1, -0.05) is 60.7 Å². The number of amides is 2. The summed E-state index contributed by atoms with van der Waals surface area (Å²) < 4.78 is 11.4. The number of nitrogens with zero attached hydrogens (tertiary/aromatic N) is 2. The van der Waals surface area contributed by atoms with Crippen LogP contribution in [0.5, 0.6) is 0 Å². The molecule has 8 heteroatoms. The first-order valence-electron chi connectivity index (χ1n) is 11.3. The van der Waals surface area contributed by atoms with Gasteiger partial charge in [0, 0.05) is 6.54 Å². The van der Waals surface area contributed by atoms with Crippen LogP contribution in [0.2, 0.25) is 0 Å². The molecule has 0 saturated carbocycles. The number of carbonyl (C=O) groups is 2. The monoisotopic (exact) mass is 452 g/mol. The Labute approximate surface area is 192 Å². The number of rotatable bonds is 5. The molecule has 3 aliphatic rings. The Morgan fingerprint density at radius 2 is 1.70 bits per heavy atom. The quantitative estimate of drug-likeness (QED) is 0.695. The first-order valence-corrected chi connectivity index (χ1v) is 11.3. The molecule has 174 valence electrons. The first-order chi connectivity index (χ1) is 16.0. The molecule has 8 nitrogen and oxygen atoms in total. The molecule has 0 bridgehead atoms. The predicted molar refractivity (Wildman–Crippen MR) is 117 cm³/mol. The SMILES string of the molecule is C[C@@H]1OC[C@@H](O)[C@H]([C@H]2[C@@H]3C(=O)N([C@@H](C)c4ccccc4)C(=O)[C@@H]3ON2Cc2ccccc2)O1. The van der Waals surface area contributed by atoms with Crippen LogP contribution in [-0.2, 0) is 30.4 Å². The van der Waals surface area contributed by atoms with Crippen molar-refractivity contribution in [1.82, 2.24) is 9.96 Å². The molecule has 3 aliphatic heterocycles. The highest BCUT2D eigenvalue weighted by atomic mass is 16.7. The molecule has 3 saturated heterocycles. The fourth-order valence-corrected chi connectivity index (χ4v) is 5.05. The second-order valence-corrected chi connectivity index (χ2v) is 8.81. The zero-order valence-corrected chi connectivity index (χ0v) is 18.6. The largest absolute Gasteiger partial charge is 0.388 e. The highest BCUT2D eigenvalue weighted by Crippen LogP contribution is 2.43. The molecule has 0 radical (unpaired) electrons. The van der Waals surface area contributed by atoms with Crippen molar-refractivity contribution in [3.05, 3.63) is 71.8 Å². The van der Waals surface area contributed by atoms with Crippen molar-refractivity contribution in [2.75, 3.05) is 6.61 Å². The molecule has 1 N–H and O–H groups in total. The normalized spacial score (nSPS) is 33.4. The number of hydrogen-bond donors (Lipinski definition) is 1. The predicted octanol–water partition coefficient (Wildman–Crippen LogP) is 2.04. The molecule has 5 rings (SSSR count). The van der Waals surface area contributed by atoms with Crippen molar-refractivity contribution < 1.29 is 29.0 Å². The molecule has 0 unspecified atom stereocenters. The number of fused-ring (bicyclic) bond motifs is 1. The summed E-state index contributed by atoms with van der Waals surface area (Å²) in [6, 6.07) is 18.0. The Balaban J connectivity index is 1.47. The number of benzene rings is 2. The molecule has 0 aliphatic carbocycles. The summed E-state index contributed by atoms with van der Waals surface area (Å²) in [6.07, 6.45) is -3.18. The minimum atomic E-state index is -0.952. The lowest BCUT2D eigenvalue weighted by molar-refractivity contribution is -0.276. The third-order valence-corrected chi connectivity index (χ3v) is 6.70. The summed E-state index contributed by atoms with van der Waals surface area (Å²) in [6.45, 7) is 4.03. The van der Waals surface area contributed by atoms with Crippen LogP contribution in [0, 0.1) is 5.92 Å². The van der Waals surface area contributed by atoms with Crippen molar-refractivity contribution in [1.29, 1.82) is 0 Å². The van der Waals surface area contributed by atoms with Crippen molar-refractivity contribution in [2.45, 2.75) is 57.1 Å². The van der Waals surface area contributed by atoms with Crippen LogP contribution in [0.3, 0.4) is 0 Å². The third kappa shape index (κ3) is 3.98. The van der Waals surface area contributed by atoms with Gasteiger partial charge in [-0.05, 0) is 25.0 Å². The number of aliphatic hydroxyl groups excluding tert-OH is 1. The van der Waals surface area contributed by atoms with Gasteiger partial charge in [0.25, 0.3) is 5.91 Å². The summed E-state index contributed by atoms with van der Waals surface area (Å²) in [4.78, 5) is 34.5. The topological polar surface area (TPSA) is 88.5 Å². The van der Waals surface area contributed by atoms with Crippen molar-refractivity contribution in [3.63, 3.8) is 0 Å². The van der Waals surface area contributed by atoms with Crippen molar-refractivity contribution >= 4 is 11.8 Å². The third-order valence-electron chi connectivity index (χ3n) is 6.70. The summed E-state index contributed by atoms with van der Waals surface area (Å²) in [5.74, 6) is -1.45. The second-order valence-electron chi connectivity index (χ2n) is 8.81. The summed E-state index contributed by atoms with van der Waals surface area (Å²) in [5.41, 5.74) is 1.83. The molecule has 2 aromatic carbocycles. The standard InChI is InChI=1S/C25H28N2O6/c1-15(18-11-7-4-8-12-18)27-24(29)20-21(22-19(28)14-31-16(2)32-22)26(33-23(20)25(27)30)13-17-9-5-3-6-10-17/h3-12,15-16,19-23,28H,13-14H2,1-2H3/t15-,16+,19+,20-,21+,22+,23+/m0/s1. The number of aliphatic hydroxyl groups is 1. The van der Waals surface area contributed by atoms with Gasteiger partial charge in [-0.15, -0.1) is 0 Å². The Bertz CT molecular complexity index is 1000. The number of carbonyl (C=O) groups excluding carboxylic acids is 2. The Morgan fingerprint density at radius 3 is 2.39 bits per heavy atom. The van der Waals surface area contributed by atoms with Crippen LogP contribution in [0.25, 0.3) is 0 Å². The van der Waals surface area contributed by atoms with E-state index in [-0.39, 0.29) is 18.4 Å². The van der Waals surface area contributed by atoms with E-state index in [0.29, 0.717) is 6.54 Å². The fourth-order valence-electron chi connectivity index (χ4n) is 5.05. The van der Waals surface area contributed by atoms with E-state index in [4.69, 9.17) is 14.3 Å². The van der Waals surface area contributed by atoms with Crippen LogP contribution < -0.4 is 0 Å². The molecule has 33 heavy (non-hydrogen) atoms. The van der Waals surface area contributed by atoms with Gasteiger partial charge in [0.15, 0.2) is 12.4 Å². The molecule has 2 aromatic rings. The number of hydroxylamine groups is 2. The lowest BCUT2D eigenvalue weighted by Crippen LogP contribution is -2.56. The van der Waals surface area contributed by atoms with E-state index < -0.39 is 42.6 Å². The molecular formula is C25H28N2O6. The zero-order chi connectivity index (χ0) is 23.1. The molecule has 2 amide bonds. The van der Waals surface area contributed by atoms with E-state index in [9.17, 15) is 14.7 Å². The van der Waals surface area contributed by atoms with Crippen LogP contribution in [-0.4, -0.2) is 64.1 Å². The van der Waals surface area contributed by atoms with Gasteiger partial charge < -0.3 is 14.6 Å². The van der Waals surface area contributed by atoms with Gasteiger partial charge in [0.2, 0.25) is 5.91 Å². The van der Waals surface area contributed by atoms with Gasteiger partial charge in [0.1, 0.15) is 12.2 Å². The number of likely N-dealkylation sites (tertiary alicyclic amines) is 1. The van der Waals surface area contributed by atoms with Crippen molar-refractivity contribution in [3.8, 4) is 0 Å². The smallest absolute Gasteiger partial charge is 0.261 e. The van der Waals surface area contributed by atoms with Gasteiger partial charge >= 0.3 is 0 Å². The summed E-state index contributed by atoms with van der Waals surface area (Å²) in [5, 5.41) is 12.3. The van der Waals surface area contributed by atoms with E-state index in [1.807, 2.05) is 67.6 Å². The zero-order valence-electron chi connectivity index (χ0n) is 18.6. The Morgan fingerprint density at radius 1 is 1.03 bits per heavy atom. The highest BCUT2D eigenvalue weighted by molar-refractivity contribution is 6.07. The average molecular weight is 453 g/mol. The van der Waals surface area contributed by atoms with E-state index in [2.05, 4.69) is 0 Å². The van der Waals surface area contributed by atoms with Crippen LogP contribution in [0.1, 0.15) is 31.0 Å². The minimum Gasteiger partial charge on any atom is -0.388 e. The van der Waals surface area contributed by atoms with E-state index in [1.54, 1.807) is 12.0 Å². The number of imide groups is 1. The maximum absolute atomic E-state index is 13.7. The molecular weight excluding hydrogens is 424 g/mol. The minimum absolute atomic E-state index is 0.0885. The number of ether oxygens (including phenoxy) is 2. The van der Waals surface area contributed by atoms with Crippen LogP contribution >= 0.6 is 0 Å². The van der Waals surface area contributed by atoms with Crippen molar-refractivity contribution in [2.24, 2.45) is 5.92 Å². The highest BCUT2D eigenvalue weighted by Gasteiger charge is 2.63. The van der Waals surface area contributed by atoms with E-state index >= 15 is 0 Å². The van der Waals surface area contributed by atoms with Gasteiger partial charge in [-0.25, -0.2) is 0 Å². The Hall–Kier alpha value is -2.62. The van der Waals surface area contributed by atoms with E-state index in [1.165, 1.54) is 4.90 Å². The molecule has 0 aromatic heterocycles. The van der Waals surface area contributed by atoms with Gasteiger partial charge in [-0.2, -0.15) is 5.06 Å². The lowest BCUT2D eigenvalue weighted by Gasteiger charge is -2.39. The Kier molecular flexibility index (Phi) is 6.03. The molecule has 3 heterocycles. The first kappa shape index (κ1) is 22.2. The molecule has 3 fully saturated rings. The van der Waals surface area contributed by atoms with Gasteiger partial charge in [0.05, 0.1) is 24.6 Å². The second kappa shape index (κ2) is 8.96. The van der Waals surface area contributed by atoms with Gasteiger partial charge in [-0.3, -0.25) is 19.3 Å². The van der Waals surface area contributed by atoms with Crippen LogP contribution in [0.15, 0.2) is 60.7 Å². The fraction of sp³-hybridized carbons (Fsp3) is 0.440.